The number of nitrogens with two attached hydrogens (primary N) is 2. The van der Waals surface area contributed by atoms with Gasteiger partial charge in [-0.1, -0.05) is 43.3 Å². The largest absolute Gasteiger partial charge is 0.481 e. The summed E-state index contributed by atoms with van der Waals surface area (Å²) in [6, 6.07) is 21.6. The van der Waals surface area contributed by atoms with Gasteiger partial charge in [-0.2, -0.15) is 4.98 Å². The van der Waals surface area contributed by atoms with Gasteiger partial charge in [-0.25, -0.2) is 9.97 Å². The third kappa shape index (κ3) is 6.48. The third-order valence-corrected chi connectivity index (χ3v) is 6.23. The second-order valence-electron chi connectivity index (χ2n) is 8.83. The molecule has 0 aliphatic heterocycles. The Kier molecular flexibility index (Phi) is 9.23. The Morgan fingerprint density at radius 2 is 1.83 bits per heavy atom. The maximum atomic E-state index is 13.6. The molecule has 5 aromatic rings. The molecule has 210 valence electrons. The number of aromatic nitrogens is 4. The molecule has 2 aromatic carbocycles. The maximum absolute atomic E-state index is 13.6. The molecule has 0 aliphatic rings. The van der Waals surface area contributed by atoms with Crippen LogP contribution in [0.2, 0.25) is 0 Å². The molecule has 11 heteroatoms. The molecule has 0 radical (unpaired) electrons. The van der Waals surface area contributed by atoms with E-state index in [9.17, 15) is 9.59 Å². The van der Waals surface area contributed by atoms with Crippen molar-refractivity contribution in [2.24, 2.45) is 0 Å². The van der Waals surface area contributed by atoms with Crippen molar-refractivity contribution < 1.29 is 14.6 Å². The normalized spacial score (nSPS) is 10.5. The summed E-state index contributed by atoms with van der Waals surface area (Å²) in [6.45, 7) is 2.09. The van der Waals surface area contributed by atoms with Crippen LogP contribution < -0.4 is 27.1 Å². The molecule has 6 N–H and O–H groups in total. The van der Waals surface area contributed by atoms with E-state index < -0.39 is 5.91 Å². The van der Waals surface area contributed by atoms with Gasteiger partial charge in [0.1, 0.15) is 5.82 Å². The van der Waals surface area contributed by atoms with E-state index in [2.05, 4.69) is 33.3 Å². The fourth-order valence-electron chi connectivity index (χ4n) is 4.31. The molecule has 0 atom stereocenters. The number of methoxy groups -OCH3 is 1. The number of fused-ring (bicyclic) bond motifs is 1. The van der Waals surface area contributed by atoms with Gasteiger partial charge in [0, 0.05) is 36.4 Å². The molecular weight excluding hydrogens is 522 g/mol. The number of nitrogen functional groups attached to an aromatic ring is 2. The zero-order chi connectivity index (χ0) is 29.4. The second kappa shape index (κ2) is 13.2. The lowest BCUT2D eigenvalue weighted by Gasteiger charge is -2.15. The van der Waals surface area contributed by atoms with Crippen molar-refractivity contribution in [3.05, 3.63) is 101 Å². The molecule has 1 amide bonds. The zero-order valence-corrected chi connectivity index (χ0v) is 22.7. The van der Waals surface area contributed by atoms with Crippen molar-refractivity contribution in [2.45, 2.75) is 13.3 Å². The summed E-state index contributed by atoms with van der Waals surface area (Å²) in [5, 5.41) is 12.5. The number of carbonyl (C=O) groups is 1. The minimum Gasteiger partial charge on any atom is -0.481 e. The Morgan fingerprint density at radius 3 is 2.51 bits per heavy atom. The highest BCUT2D eigenvalue weighted by Crippen LogP contribution is 2.29. The van der Waals surface area contributed by atoms with E-state index in [0.717, 1.165) is 34.3 Å². The van der Waals surface area contributed by atoms with E-state index in [1.807, 2.05) is 65.2 Å². The molecule has 0 bridgehead atoms. The van der Waals surface area contributed by atoms with Crippen molar-refractivity contribution in [1.29, 1.82) is 0 Å². The quantitative estimate of drug-likeness (QED) is 0.236. The van der Waals surface area contributed by atoms with Crippen LogP contribution in [0.15, 0.2) is 83.9 Å². The van der Waals surface area contributed by atoms with Crippen LogP contribution in [0.1, 0.15) is 23.0 Å². The number of nitrogens with zero attached hydrogens (tertiary/aromatic N) is 4. The van der Waals surface area contributed by atoms with Gasteiger partial charge in [0.15, 0.2) is 0 Å². The van der Waals surface area contributed by atoms with E-state index in [4.69, 9.17) is 21.3 Å². The van der Waals surface area contributed by atoms with Crippen LogP contribution in [0.25, 0.3) is 27.6 Å². The molecule has 0 unspecified atom stereocenters. The molecule has 3 heterocycles. The average Bonchev–Trinajstić information content (AvgIpc) is 3.00. The predicted octanol–water partition coefficient (Wildman–Crippen LogP) is 2.99. The fourth-order valence-corrected chi connectivity index (χ4v) is 4.31. The molecule has 0 saturated heterocycles. The van der Waals surface area contributed by atoms with Crippen LogP contribution in [0.5, 0.6) is 5.88 Å². The van der Waals surface area contributed by atoms with E-state index in [1.54, 1.807) is 13.3 Å². The number of pyridine rings is 2. The van der Waals surface area contributed by atoms with Crippen molar-refractivity contribution >= 4 is 28.4 Å². The minimum atomic E-state index is -0.434. The highest BCUT2D eigenvalue weighted by Gasteiger charge is 2.15. The number of anilines is 2. The van der Waals surface area contributed by atoms with Crippen LogP contribution >= 0.6 is 0 Å². The number of benzene rings is 2. The molecule has 0 saturated carbocycles. The summed E-state index contributed by atoms with van der Waals surface area (Å²) in [4.78, 5) is 36.3. The second-order valence-corrected chi connectivity index (χ2v) is 8.83. The lowest BCUT2D eigenvalue weighted by molar-refractivity contribution is 0.0945. The van der Waals surface area contributed by atoms with Crippen LogP contribution in [-0.4, -0.2) is 50.8 Å². The Bertz CT molecular complexity index is 1720. The number of aryl methyl sites for hydroxylation is 1. The number of nitrogens with one attached hydrogen (secondary N) is 1. The highest BCUT2D eigenvalue weighted by molar-refractivity contribution is 5.98. The summed E-state index contributed by atoms with van der Waals surface area (Å²) in [7, 11) is 1.59. The van der Waals surface area contributed by atoms with E-state index in [-0.39, 0.29) is 36.0 Å². The number of carbonyl (C=O) groups excluding carboxylic acids is 1. The molecule has 3 aromatic heterocycles. The number of para-hydroxylation sites is 1. The molecule has 0 spiro atoms. The summed E-state index contributed by atoms with van der Waals surface area (Å²) < 4.78 is 7.06. The monoisotopic (exact) mass is 553 g/mol. The van der Waals surface area contributed by atoms with Gasteiger partial charge in [0.2, 0.25) is 11.8 Å². The molecule has 0 fully saturated rings. The number of aliphatic hydroxyl groups is 1. The summed E-state index contributed by atoms with van der Waals surface area (Å²) in [5.41, 5.74) is 14.5. The number of amides is 1. The van der Waals surface area contributed by atoms with E-state index in [1.165, 1.54) is 6.20 Å². The average molecular weight is 554 g/mol. The molecule has 11 nitrogen and oxygen atoms in total. The first-order chi connectivity index (χ1) is 19.9. The van der Waals surface area contributed by atoms with Crippen molar-refractivity contribution in [2.75, 3.05) is 31.7 Å². The Morgan fingerprint density at radius 1 is 1.05 bits per heavy atom. The number of aliphatic hydroxyl groups excluding tert-OH is 1. The van der Waals surface area contributed by atoms with Crippen molar-refractivity contribution in [3.8, 4) is 22.7 Å². The van der Waals surface area contributed by atoms with Crippen LogP contribution in [0.4, 0.5) is 11.8 Å². The Hall–Kier alpha value is -5.29. The smallest absolute Gasteiger partial charge is 0.263 e. The third-order valence-electron chi connectivity index (χ3n) is 6.23. The van der Waals surface area contributed by atoms with Gasteiger partial charge < -0.3 is 26.6 Å². The molecular formula is C30H31N7O4. The standard InChI is InChI=1S/C23H20N2O2.C7H11N5O2/c1-3-18-14-17-8-7-11-20(16-12-13-24-21(15-16)27-2)22(17)23(26)25(18)19-9-5-4-6-10-19;8-5-4(3-11-7(9)12-5)6(14)10-1-2-13/h4-15H,3H2,1-2H3;3,13H,1-2H2,(H,10,14)(H4,8,9,11,12). The molecule has 0 aliphatic carbocycles. The summed E-state index contributed by atoms with van der Waals surface area (Å²) in [6.07, 6.45) is 3.71. The van der Waals surface area contributed by atoms with Gasteiger partial charge in [0.25, 0.3) is 11.5 Å². The first-order valence-corrected chi connectivity index (χ1v) is 12.9. The predicted molar refractivity (Wildman–Crippen MR) is 159 cm³/mol. The first kappa shape index (κ1) is 28.7. The molecule has 41 heavy (non-hydrogen) atoms. The summed E-state index contributed by atoms with van der Waals surface area (Å²) in [5.74, 6) is 0.128. The minimum absolute atomic E-state index is 0.0121. The zero-order valence-electron chi connectivity index (χ0n) is 22.7. The van der Waals surface area contributed by atoms with E-state index in [0.29, 0.717) is 11.3 Å². The van der Waals surface area contributed by atoms with Gasteiger partial charge in [-0.3, -0.25) is 14.2 Å². The topological polar surface area (TPSA) is 171 Å². The Balaban J connectivity index is 0.000000234. The van der Waals surface area contributed by atoms with Gasteiger partial charge in [-0.05, 0) is 47.2 Å². The van der Waals surface area contributed by atoms with E-state index >= 15 is 0 Å². The lowest BCUT2D eigenvalue weighted by atomic mass is 9.99. The summed E-state index contributed by atoms with van der Waals surface area (Å²) >= 11 is 0. The maximum Gasteiger partial charge on any atom is 0.263 e. The fraction of sp³-hybridized carbons (Fsp3) is 0.167. The number of hydrogen-bond donors (Lipinski definition) is 4. The van der Waals surface area contributed by atoms with Crippen molar-refractivity contribution in [1.82, 2.24) is 24.8 Å². The Labute approximate surface area is 236 Å². The number of hydrogen-bond acceptors (Lipinski definition) is 9. The number of rotatable bonds is 7. The van der Waals surface area contributed by atoms with Crippen LogP contribution in [0, 0.1) is 0 Å². The first-order valence-electron chi connectivity index (χ1n) is 12.9. The van der Waals surface area contributed by atoms with Gasteiger partial charge >= 0.3 is 0 Å². The lowest BCUT2D eigenvalue weighted by Crippen LogP contribution is -2.27. The van der Waals surface area contributed by atoms with Gasteiger partial charge in [0.05, 0.1) is 24.7 Å². The van der Waals surface area contributed by atoms with Crippen LogP contribution in [-0.2, 0) is 6.42 Å². The van der Waals surface area contributed by atoms with Gasteiger partial charge in [-0.15, -0.1) is 0 Å². The number of ether oxygens (including phenoxy) is 1. The SMILES string of the molecule is CCc1cc2cccc(-c3ccnc(OC)c3)c2c(=O)n1-c1ccccc1.Nc1ncc(C(=O)NCCO)c(N)n1. The highest BCUT2D eigenvalue weighted by atomic mass is 16.5. The van der Waals surface area contributed by atoms with Crippen molar-refractivity contribution in [3.63, 3.8) is 0 Å². The van der Waals surface area contributed by atoms with Crippen LogP contribution in [0.3, 0.4) is 0 Å². The molecule has 5 rings (SSSR count).